The number of halogens is 1. The number of anilines is 1. The SMILES string of the molecule is Cc1ccccc1C(=O)n1nc(-c2ccccc2)nc1NCc1ccc(F)cc1. The minimum absolute atomic E-state index is 0.264. The summed E-state index contributed by atoms with van der Waals surface area (Å²) in [5.41, 5.74) is 3.10. The predicted molar refractivity (Wildman–Crippen MR) is 110 cm³/mol. The van der Waals surface area contributed by atoms with Gasteiger partial charge in [0.15, 0.2) is 5.82 Å². The fourth-order valence-electron chi connectivity index (χ4n) is 2.99. The second-order valence-corrected chi connectivity index (χ2v) is 6.64. The topological polar surface area (TPSA) is 59.8 Å². The summed E-state index contributed by atoms with van der Waals surface area (Å²) in [6.45, 7) is 2.27. The largest absolute Gasteiger partial charge is 0.350 e. The van der Waals surface area contributed by atoms with Crippen LogP contribution in [0.3, 0.4) is 0 Å². The molecule has 0 spiro atoms. The van der Waals surface area contributed by atoms with E-state index in [1.807, 2.05) is 55.5 Å². The summed E-state index contributed by atoms with van der Waals surface area (Å²) >= 11 is 0. The van der Waals surface area contributed by atoms with Crippen LogP contribution in [0.4, 0.5) is 10.3 Å². The highest BCUT2D eigenvalue weighted by Gasteiger charge is 2.19. The standard InChI is InChI=1S/C23H19FN4O/c1-16-7-5-6-10-20(16)22(29)28-23(25-15-17-11-13-19(24)14-12-17)26-21(27-28)18-8-3-2-4-9-18/h2-14H,15H2,1H3,(H,25,26,27). The first-order chi connectivity index (χ1) is 14.1. The summed E-state index contributed by atoms with van der Waals surface area (Å²) in [5.74, 6) is 0.230. The number of nitrogens with zero attached hydrogens (tertiary/aromatic N) is 3. The zero-order valence-corrected chi connectivity index (χ0v) is 15.8. The van der Waals surface area contributed by atoms with Crippen molar-refractivity contribution >= 4 is 11.9 Å². The number of rotatable bonds is 5. The second kappa shape index (κ2) is 8.06. The molecule has 0 saturated heterocycles. The molecule has 0 aliphatic heterocycles. The van der Waals surface area contributed by atoms with Gasteiger partial charge in [0.25, 0.3) is 5.91 Å². The van der Waals surface area contributed by atoms with E-state index in [2.05, 4.69) is 15.4 Å². The molecule has 0 aliphatic rings. The number of carbonyl (C=O) groups is 1. The summed E-state index contributed by atoms with van der Waals surface area (Å²) < 4.78 is 14.4. The van der Waals surface area contributed by atoms with E-state index in [1.165, 1.54) is 16.8 Å². The van der Waals surface area contributed by atoms with Crippen LogP contribution in [0.1, 0.15) is 21.5 Å². The van der Waals surface area contributed by atoms with Gasteiger partial charge >= 0.3 is 0 Å². The maximum Gasteiger partial charge on any atom is 0.281 e. The molecule has 3 aromatic carbocycles. The molecular formula is C23H19FN4O. The van der Waals surface area contributed by atoms with E-state index in [0.717, 1.165) is 16.7 Å². The lowest BCUT2D eigenvalue weighted by Crippen LogP contribution is -2.18. The summed E-state index contributed by atoms with van der Waals surface area (Å²) in [6, 6.07) is 23.0. The highest BCUT2D eigenvalue weighted by Crippen LogP contribution is 2.20. The Kier molecular flexibility index (Phi) is 5.16. The quantitative estimate of drug-likeness (QED) is 0.540. The first kappa shape index (κ1) is 18.6. The Morgan fingerprint density at radius 3 is 2.38 bits per heavy atom. The Balaban J connectivity index is 1.70. The lowest BCUT2D eigenvalue weighted by atomic mass is 10.1. The van der Waals surface area contributed by atoms with Gasteiger partial charge in [-0.3, -0.25) is 4.79 Å². The average molecular weight is 386 g/mol. The van der Waals surface area contributed by atoms with Crippen molar-refractivity contribution in [3.05, 3.63) is 101 Å². The maximum atomic E-state index is 13.2. The van der Waals surface area contributed by atoms with Crippen molar-refractivity contribution in [3.63, 3.8) is 0 Å². The van der Waals surface area contributed by atoms with E-state index in [-0.39, 0.29) is 11.7 Å². The smallest absolute Gasteiger partial charge is 0.281 e. The molecule has 0 bridgehead atoms. The third-order valence-electron chi connectivity index (χ3n) is 4.57. The summed E-state index contributed by atoms with van der Waals surface area (Å²) in [5, 5.41) is 7.61. The molecule has 5 nitrogen and oxygen atoms in total. The number of hydrogen-bond donors (Lipinski definition) is 1. The zero-order valence-electron chi connectivity index (χ0n) is 15.8. The fourth-order valence-corrected chi connectivity index (χ4v) is 2.99. The third kappa shape index (κ3) is 4.06. The van der Waals surface area contributed by atoms with Crippen molar-refractivity contribution in [2.45, 2.75) is 13.5 Å². The van der Waals surface area contributed by atoms with E-state index in [0.29, 0.717) is 23.9 Å². The lowest BCUT2D eigenvalue weighted by Gasteiger charge is -2.09. The molecule has 6 heteroatoms. The van der Waals surface area contributed by atoms with Crippen molar-refractivity contribution in [1.29, 1.82) is 0 Å². The Morgan fingerprint density at radius 1 is 0.966 bits per heavy atom. The lowest BCUT2D eigenvalue weighted by molar-refractivity contribution is 0.0947. The first-order valence-electron chi connectivity index (χ1n) is 9.23. The number of nitrogens with one attached hydrogen (secondary N) is 1. The van der Waals surface area contributed by atoms with Gasteiger partial charge in [0.1, 0.15) is 5.82 Å². The molecule has 0 amide bonds. The molecule has 1 heterocycles. The van der Waals surface area contributed by atoms with Gasteiger partial charge in [-0.25, -0.2) is 4.39 Å². The number of benzene rings is 3. The van der Waals surface area contributed by atoms with Gasteiger partial charge in [0.05, 0.1) is 0 Å². The van der Waals surface area contributed by atoms with Gasteiger partial charge < -0.3 is 5.32 Å². The average Bonchev–Trinajstić information content (AvgIpc) is 3.18. The van der Waals surface area contributed by atoms with Crippen LogP contribution in [0.2, 0.25) is 0 Å². The van der Waals surface area contributed by atoms with Crippen molar-refractivity contribution in [1.82, 2.24) is 14.8 Å². The van der Waals surface area contributed by atoms with Gasteiger partial charge in [0, 0.05) is 17.7 Å². The van der Waals surface area contributed by atoms with E-state index in [1.54, 1.807) is 18.2 Å². The Hall–Kier alpha value is -3.80. The molecule has 29 heavy (non-hydrogen) atoms. The molecule has 4 rings (SSSR count). The highest BCUT2D eigenvalue weighted by molar-refractivity contribution is 5.98. The number of carbonyl (C=O) groups excluding carboxylic acids is 1. The molecular weight excluding hydrogens is 367 g/mol. The maximum absolute atomic E-state index is 13.2. The van der Waals surface area contributed by atoms with Gasteiger partial charge in [-0.1, -0.05) is 60.7 Å². The zero-order chi connectivity index (χ0) is 20.2. The van der Waals surface area contributed by atoms with Gasteiger partial charge in [0.2, 0.25) is 5.95 Å². The predicted octanol–water partition coefficient (Wildman–Crippen LogP) is 4.69. The normalized spacial score (nSPS) is 10.7. The van der Waals surface area contributed by atoms with Crippen LogP contribution in [-0.2, 0) is 6.54 Å². The van der Waals surface area contributed by atoms with Crippen LogP contribution >= 0.6 is 0 Å². The molecule has 0 saturated carbocycles. The van der Waals surface area contributed by atoms with Crippen LogP contribution in [0.15, 0.2) is 78.9 Å². The molecule has 1 N–H and O–H groups in total. The van der Waals surface area contributed by atoms with Crippen molar-refractivity contribution in [2.75, 3.05) is 5.32 Å². The van der Waals surface area contributed by atoms with E-state index in [9.17, 15) is 9.18 Å². The van der Waals surface area contributed by atoms with E-state index in [4.69, 9.17) is 0 Å². The van der Waals surface area contributed by atoms with Crippen LogP contribution in [-0.4, -0.2) is 20.7 Å². The Morgan fingerprint density at radius 2 is 1.66 bits per heavy atom. The van der Waals surface area contributed by atoms with Crippen LogP contribution in [0.25, 0.3) is 11.4 Å². The molecule has 0 radical (unpaired) electrons. The third-order valence-corrected chi connectivity index (χ3v) is 4.57. The van der Waals surface area contributed by atoms with Crippen LogP contribution in [0.5, 0.6) is 0 Å². The monoisotopic (exact) mass is 386 g/mol. The highest BCUT2D eigenvalue weighted by atomic mass is 19.1. The molecule has 0 atom stereocenters. The van der Waals surface area contributed by atoms with Gasteiger partial charge in [-0.2, -0.15) is 9.67 Å². The van der Waals surface area contributed by atoms with Crippen molar-refractivity contribution in [3.8, 4) is 11.4 Å². The second-order valence-electron chi connectivity index (χ2n) is 6.64. The molecule has 0 fully saturated rings. The molecule has 0 aliphatic carbocycles. The fraction of sp³-hybridized carbons (Fsp3) is 0.0870. The summed E-state index contributed by atoms with van der Waals surface area (Å²) in [7, 11) is 0. The number of hydrogen-bond acceptors (Lipinski definition) is 4. The van der Waals surface area contributed by atoms with Gasteiger partial charge in [-0.05, 0) is 36.2 Å². The van der Waals surface area contributed by atoms with Crippen molar-refractivity contribution < 1.29 is 9.18 Å². The number of aromatic nitrogens is 3. The van der Waals surface area contributed by atoms with E-state index < -0.39 is 0 Å². The van der Waals surface area contributed by atoms with Crippen LogP contribution in [0, 0.1) is 12.7 Å². The molecule has 144 valence electrons. The minimum atomic E-state index is -0.294. The molecule has 1 aromatic heterocycles. The summed E-state index contributed by atoms with van der Waals surface area (Å²) in [6.07, 6.45) is 0. The molecule has 0 unspecified atom stereocenters. The summed E-state index contributed by atoms with van der Waals surface area (Å²) in [4.78, 5) is 17.7. The Labute approximate surface area is 167 Å². The molecule has 4 aromatic rings. The van der Waals surface area contributed by atoms with Crippen molar-refractivity contribution in [2.24, 2.45) is 0 Å². The minimum Gasteiger partial charge on any atom is -0.350 e. The van der Waals surface area contributed by atoms with Gasteiger partial charge in [-0.15, -0.1) is 5.10 Å². The Bertz CT molecular complexity index is 1140. The van der Waals surface area contributed by atoms with E-state index >= 15 is 0 Å². The number of aryl methyl sites for hydroxylation is 1. The van der Waals surface area contributed by atoms with Crippen LogP contribution < -0.4 is 5.32 Å². The first-order valence-corrected chi connectivity index (χ1v) is 9.23.